The molecule has 0 radical (unpaired) electrons. The third-order valence-electron chi connectivity index (χ3n) is 7.80. The first-order valence-corrected chi connectivity index (χ1v) is 15.3. The second-order valence-electron chi connectivity index (χ2n) is 11.1. The summed E-state index contributed by atoms with van der Waals surface area (Å²) >= 11 is 0. The second kappa shape index (κ2) is 16.7. The van der Waals surface area contributed by atoms with Crippen molar-refractivity contribution in [1.29, 1.82) is 0 Å². The van der Waals surface area contributed by atoms with Crippen LogP contribution in [0.3, 0.4) is 0 Å². The Morgan fingerprint density at radius 2 is 1.53 bits per heavy atom. The highest BCUT2D eigenvalue weighted by Crippen LogP contribution is 2.33. The quantitative estimate of drug-likeness (QED) is 0.141. The number of benzene rings is 3. The molecule has 0 saturated heterocycles. The smallest absolute Gasteiger partial charge is 0.395 e. The molecule has 0 aliphatic heterocycles. The first-order valence-electron chi connectivity index (χ1n) is 15.3. The Morgan fingerprint density at radius 3 is 2.13 bits per heavy atom. The van der Waals surface area contributed by atoms with Gasteiger partial charge in [-0.1, -0.05) is 61.5 Å². The number of hydrogen-bond acceptors (Lipinski definition) is 6. The second-order valence-corrected chi connectivity index (χ2v) is 11.1. The molecule has 0 aliphatic carbocycles. The number of carbonyl (C=O) groups excluding carboxylic acids is 4. The fourth-order valence-corrected chi connectivity index (χ4v) is 5.39. The molecule has 3 aromatic carbocycles. The van der Waals surface area contributed by atoms with E-state index in [1.54, 1.807) is 19.1 Å². The van der Waals surface area contributed by atoms with E-state index in [4.69, 9.17) is 5.73 Å². The van der Waals surface area contributed by atoms with E-state index in [-0.39, 0.29) is 54.2 Å². The van der Waals surface area contributed by atoms with Gasteiger partial charge in [0.25, 0.3) is 0 Å². The molecule has 0 saturated carbocycles. The molecule has 0 bridgehead atoms. The maximum Gasteiger partial charge on any atom is 0.395 e. The number of carbonyl (C=O) groups is 6. The van der Waals surface area contributed by atoms with Crippen molar-refractivity contribution in [2.24, 2.45) is 5.73 Å². The van der Waals surface area contributed by atoms with E-state index in [9.17, 15) is 39.0 Å². The summed E-state index contributed by atoms with van der Waals surface area (Å²) in [6.45, 7) is 5.20. The number of primary amides is 1. The standard InChI is InChI=1S/C35H40N4O8/c1-4-25-20-24(17-18-28(25)39(33(43)35(46)47)29-15-9-8-14-27(29)34(44)45)21-30(32(36)42)38(23(3)40)19-11-10-16-31(41)37-22(2)26-12-6-5-7-13-26/h5-9,12-15,17-18,20,22,30H,4,10-11,16,19,21H2,1-3H3,(H2,36,42)(H,37,41)(H,44,45)(H,46,47)/t22?,30-/m0/s1. The minimum atomic E-state index is -1.77. The highest BCUT2D eigenvalue weighted by atomic mass is 16.4. The summed E-state index contributed by atoms with van der Waals surface area (Å²) in [5, 5.41) is 22.2. The molecule has 0 heterocycles. The van der Waals surface area contributed by atoms with Crippen molar-refractivity contribution in [3.63, 3.8) is 0 Å². The number of nitrogens with two attached hydrogens (primary N) is 1. The van der Waals surface area contributed by atoms with Gasteiger partial charge in [0.15, 0.2) is 0 Å². The number of rotatable bonds is 15. The number of nitrogens with zero attached hydrogens (tertiary/aromatic N) is 2. The summed E-state index contributed by atoms with van der Waals surface area (Å²) in [6.07, 6.45) is 1.52. The number of unbranched alkanes of at least 4 members (excludes halogenated alkanes) is 1. The van der Waals surface area contributed by atoms with Crippen molar-refractivity contribution in [2.75, 3.05) is 11.4 Å². The summed E-state index contributed by atoms with van der Waals surface area (Å²) in [7, 11) is 0. The SMILES string of the molecule is CCc1cc(C[C@@H](C(N)=O)N(CCCCC(=O)NC(C)c2ccccc2)C(C)=O)ccc1N(C(=O)C(=O)O)c1ccccc1C(=O)O. The van der Waals surface area contributed by atoms with E-state index >= 15 is 0 Å². The molecule has 0 spiro atoms. The number of aliphatic carboxylic acids is 1. The van der Waals surface area contributed by atoms with Gasteiger partial charge in [-0.3, -0.25) is 24.1 Å². The van der Waals surface area contributed by atoms with Gasteiger partial charge in [-0.25, -0.2) is 9.59 Å². The van der Waals surface area contributed by atoms with Gasteiger partial charge in [0.05, 0.1) is 23.0 Å². The maximum absolute atomic E-state index is 12.9. The largest absolute Gasteiger partial charge is 0.478 e. The van der Waals surface area contributed by atoms with Crippen LogP contribution < -0.4 is 16.0 Å². The van der Waals surface area contributed by atoms with Crippen LogP contribution in [0.5, 0.6) is 0 Å². The highest BCUT2D eigenvalue weighted by molar-refractivity contribution is 6.39. The van der Waals surface area contributed by atoms with Gasteiger partial charge in [-0.05, 0) is 61.1 Å². The van der Waals surface area contributed by atoms with Gasteiger partial charge in [0, 0.05) is 26.3 Å². The van der Waals surface area contributed by atoms with E-state index in [1.807, 2.05) is 37.3 Å². The fraction of sp³-hybridized carbons (Fsp3) is 0.314. The molecule has 0 aromatic heterocycles. The Hall–Kier alpha value is -5.52. The topological polar surface area (TPSA) is 187 Å². The average Bonchev–Trinajstić information content (AvgIpc) is 3.04. The third-order valence-corrected chi connectivity index (χ3v) is 7.80. The summed E-state index contributed by atoms with van der Waals surface area (Å²) in [4.78, 5) is 76.6. The summed E-state index contributed by atoms with van der Waals surface area (Å²) < 4.78 is 0. The predicted molar refractivity (Wildman–Crippen MR) is 175 cm³/mol. The number of para-hydroxylation sites is 1. The van der Waals surface area contributed by atoms with Crippen LogP contribution in [0.25, 0.3) is 0 Å². The lowest BCUT2D eigenvalue weighted by Gasteiger charge is -2.30. The van der Waals surface area contributed by atoms with Gasteiger partial charge < -0.3 is 26.2 Å². The van der Waals surface area contributed by atoms with Crippen molar-refractivity contribution in [1.82, 2.24) is 10.2 Å². The number of carboxylic acid groups (broad SMARTS) is 2. The van der Waals surface area contributed by atoms with Crippen LogP contribution in [-0.4, -0.2) is 63.3 Å². The number of hydrogen-bond donors (Lipinski definition) is 4. The molecule has 5 N–H and O–H groups in total. The van der Waals surface area contributed by atoms with Crippen LogP contribution in [-0.2, 0) is 36.8 Å². The maximum atomic E-state index is 12.9. The van der Waals surface area contributed by atoms with Crippen molar-refractivity contribution >= 4 is 46.9 Å². The number of carboxylic acids is 2. The van der Waals surface area contributed by atoms with Gasteiger partial charge in [-0.15, -0.1) is 0 Å². The summed E-state index contributed by atoms with van der Waals surface area (Å²) in [5.41, 5.74) is 7.62. The molecule has 0 fully saturated rings. The molecule has 12 heteroatoms. The van der Waals surface area contributed by atoms with Gasteiger partial charge in [0.1, 0.15) is 6.04 Å². The van der Waals surface area contributed by atoms with Crippen molar-refractivity contribution in [2.45, 2.75) is 65.0 Å². The Bertz CT molecular complexity index is 1620. The van der Waals surface area contributed by atoms with Crippen LogP contribution >= 0.6 is 0 Å². The van der Waals surface area contributed by atoms with Crippen molar-refractivity contribution in [3.05, 3.63) is 95.1 Å². The van der Waals surface area contributed by atoms with Crippen molar-refractivity contribution < 1.29 is 39.0 Å². The molecule has 3 aromatic rings. The lowest BCUT2D eigenvalue weighted by molar-refractivity contribution is -0.148. The van der Waals surface area contributed by atoms with Gasteiger partial charge >= 0.3 is 17.8 Å². The molecule has 47 heavy (non-hydrogen) atoms. The van der Waals surface area contributed by atoms with Crippen LogP contribution in [0, 0.1) is 0 Å². The molecule has 1 unspecified atom stereocenters. The number of nitrogens with one attached hydrogen (secondary N) is 1. The summed E-state index contributed by atoms with van der Waals surface area (Å²) in [5.74, 6) is -5.68. The van der Waals surface area contributed by atoms with E-state index in [0.29, 0.717) is 30.4 Å². The van der Waals surface area contributed by atoms with E-state index in [1.165, 1.54) is 42.2 Å². The number of aryl methyl sites for hydroxylation is 1. The normalized spacial score (nSPS) is 12.0. The Balaban J connectivity index is 1.78. The zero-order chi connectivity index (χ0) is 34.7. The molecule has 12 nitrogen and oxygen atoms in total. The van der Waals surface area contributed by atoms with E-state index < -0.39 is 29.8 Å². The Labute approximate surface area is 273 Å². The zero-order valence-electron chi connectivity index (χ0n) is 26.6. The average molecular weight is 645 g/mol. The number of amides is 4. The first kappa shape index (κ1) is 36.0. The molecular formula is C35H40N4O8. The Morgan fingerprint density at radius 1 is 0.872 bits per heavy atom. The zero-order valence-corrected chi connectivity index (χ0v) is 26.6. The third kappa shape index (κ3) is 9.49. The number of anilines is 2. The van der Waals surface area contributed by atoms with Gasteiger partial charge in [0.2, 0.25) is 17.7 Å². The van der Waals surface area contributed by atoms with Crippen LogP contribution in [0.1, 0.15) is 73.1 Å². The lowest BCUT2D eigenvalue weighted by Crippen LogP contribution is -2.48. The molecule has 3 rings (SSSR count). The molecule has 4 amide bonds. The molecular weight excluding hydrogens is 604 g/mol. The van der Waals surface area contributed by atoms with E-state index in [2.05, 4.69) is 5.32 Å². The van der Waals surface area contributed by atoms with Gasteiger partial charge in [-0.2, -0.15) is 0 Å². The predicted octanol–water partition coefficient (Wildman–Crippen LogP) is 3.99. The molecule has 2 atom stereocenters. The molecule has 248 valence electrons. The minimum Gasteiger partial charge on any atom is -0.478 e. The van der Waals surface area contributed by atoms with Crippen LogP contribution in [0.15, 0.2) is 72.8 Å². The van der Waals surface area contributed by atoms with Crippen LogP contribution in [0.4, 0.5) is 11.4 Å². The molecule has 0 aliphatic rings. The fourth-order valence-electron chi connectivity index (χ4n) is 5.39. The monoisotopic (exact) mass is 644 g/mol. The van der Waals surface area contributed by atoms with Crippen LogP contribution in [0.2, 0.25) is 0 Å². The lowest BCUT2D eigenvalue weighted by atomic mass is 9.98. The summed E-state index contributed by atoms with van der Waals surface area (Å²) in [6, 6.07) is 18.7. The van der Waals surface area contributed by atoms with E-state index in [0.717, 1.165) is 10.5 Å². The highest BCUT2D eigenvalue weighted by Gasteiger charge is 2.31. The van der Waals surface area contributed by atoms with Crippen molar-refractivity contribution in [3.8, 4) is 0 Å². The first-order chi connectivity index (χ1) is 22.3. The number of aromatic carboxylic acids is 1. The Kier molecular flexibility index (Phi) is 12.8. The minimum absolute atomic E-state index is 0.0376.